The summed E-state index contributed by atoms with van der Waals surface area (Å²) in [5, 5.41) is 10.5. The summed E-state index contributed by atoms with van der Waals surface area (Å²) < 4.78 is 11.1. The van der Waals surface area contributed by atoms with E-state index in [-0.39, 0.29) is 29.2 Å². The minimum absolute atomic E-state index is 0.0848. The van der Waals surface area contributed by atoms with Crippen LogP contribution in [-0.4, -0.2) is 41.5 Å². The number of benzene rings is 2. The second-order valence-electron chi connectivity index (χ2n) is 8.12. The van der Waals surface area contributed by atoms with Crippen molar-refractivity contribution in [2.75, 3.05) is 19.7 Å². The number of carbonyl (C=O) groups excluding carboxylic acids is 2. The first kappa shape index (κ1) is 21.1. The Balaban J connectivity index is 1.57. The van der Waals surface area contributed by atoms with E-state index in [0.717, 1.165) is 30.5 Å². The maximum atomic E-state index is 12.9. The minimum Gasteiger partial charge on any atom is -0.507 e. The molecule has 6 heteroatoms. The van der Waals surface area contributed by atoms with Crippen LogP contribution in [0.1, 0.15) is 46.8 Å². The van der Waals surface area contributed by atoms with Crippen molar-refractivity contribution in [3.63, 3.8) is 0 Å². The molecule has 2 aliphatic heterocycles. The Morgan fingerprint density at radius 2 is 2.16 bits per heavy atom. The molecule has 0 aromatic heterocycles. The van der Waals surface area contributed by atoms with E-state index >= 15 is 0 Å². The average molecular weight is 421 g/mol. The Kier molecular flexibility index (Phi) is 6.09. The monoisotopic (exact) mass is 421 g/mol. The van der Waals surface area contributed by atoms with Crippen LogP contribution in [0, 0.1) is 12.8 Å². The number of hydrogen-bond acceptors (Lipinski definition) is 6. The number of likely N-dealkylation sites (tertiary alicyclic amines) is 1. The van der Waals surface area contributed by atoms with Gasteiger partial charge in [0, 0.05) is 13.1 Å². The number of aryl methyl sites for hydroxylation is 1. The van der Waals surface area contributed by atoms with Crippen molar-refractivity contribution >= 4 is 17.8 Å². The minimum atomic E-state index is -0.194. The normalized spacial score (nSPS) is 19.9. The molecule has 0 amide bonds. The molecule has 2 aromatic rings. The predicted molar refractivity (Wildman–Crippen MR) is 117 cm³/mol. The molecule has 1 atom stereocenters. The van der Waals surface area contributed by atoms with Crippen LogP contribution in [0.25, 0.3) is 6.08 Å². The van der Waals surface area contributed by atoms with Crippen LogP contribution in [0.3, 0.4) is 0 Å². The van der Waals surface area contributed by atoms with Crippen LogP contribution < -0.4 is 4.74 Å². The number of fused-ring (bicyclic) bond motifs is 1. The highest BCUT2D eigenvalue weighted by molar-refractivity contribution is 6.15. The van der Waals surface area contributed by atoms with E-state index in [2.05, 4.69) is 4.90 Å². The summed E-state index contributed by atoms with van der Waals surface area (Å²) in [6, 6.07) is 11.0. The number of piperidine rings is 1. The van der Waals surface area contributed by atoms with Gasteiger partial charge in [0.15, 0.2) is 5.76 Å². The SMILES string of the molecule is CCOC(=O)C1CCCN(Cc2c(O)ccc3c2O/C(=C\c2cccc(C)c2)C3=O)C1. The molecule has 162 valence electrons. The molecule has 2 heterocycles. The van der Waals surface area contributed by atoms with Crippen LogP contribution in [-0.2, 0) is 16.1 Å². The number of phenols is 1. The van der Waals surface area contributed by atoms with Gasteiger partial charge in [-0.2, -0.15) is 0 Å². The lowest BCUT2D eigenvalue weighted by molar-refractivity contribution is -0.150. The van der Waals surface area contributed by atoms with Crippen molar-refractivity contribution in [1.82, 2.24) is 4.90 Å². The highest BCUT2D eigenvalue weighted by Gasteiger charge is 2.33. The number of hydrogen-bond donors (Lipinski definition) is 1. The highest BCUT2D eigenvalue weighted by atomic mass is 16.5. The Labute approximate surface area is 182 Å². The van der Waals surface area contributed by atoms with Gasteiger partial charge in [-0.15, -0.1) is 0 Å². The number of aromatic hydroxyl groups is 1. The Morgan fingerprint density at radius 1 is 1.32 bits per heavy atom. The maximum Gasteiger partial charge on any atom is 0.310 e. The van der Waals surface area contributed by atoms with Crippen LogP contribution in [0.2, 0.25) is 0 Å². The van der Waals surface area contributed by atoms with Gasteiger partial charge in [0.25, 0.3) is 0 Å². The fraction of sp³-hybridized carbons (Fsp3) is 0.360. The molecular weight excluding hydrogens is 394 g/mol. The first-order chi connectivity index (χ1) is 15.0. The van der Waals surface area contributed by atoms with Gasteiger partial charge in [-0.1, -0.05) is 29.8 Å². The van der Waals surface area contributed by atoms with Gasteiger partial charge in [-0.05, 0) is 57.0 Å². The number of carbonyl (C=O) groups is 2. The number of rotatable bonds is 5. The van der Waals surface area contributed by atoms with Crippen molar-refractivity contribution in [2.24, 2.45) is 5.92 Å². The largest absolute Gasteiger partial charge is 0.507 e. The lowest BCUT2D eigenvalue weighted by atomic mass is 9.97. The predicted octanol–water partition coefficient (Wildman–Crippen LogP) is 4.09. The third kappa shape index (κ3) is 4.49. The number of ether oxygens (including phenoxy) is 2. The number of phenolic OH excluding ortho intramolecular Hbond substituents is 1. The van der Waals surface area contributed by atoms with E-state index in [1.165, 1.54) is 6.07 Å². The molecule has 1 saturated heterocycles. The van der Waals surface area contributed by atoms with Gasteiger partial charge in [0.05, 0.1) is 23.7 Å². The summed E-state index contributed by atoms with van der Waals surface area (Å²) >= 11 is 0. The lowest BCUT2D eigenvalue weighted by Crippen LogP contribution is -2.39. The van der Waals surface area contributed by atoms with E-state index in [0.29, 0.717) is 36.6 Å². The van der Waals surface area contributed by atoms with Crippen LogP contribution >= 0.6 is 0 Å². The number of Topliss-reactive ketones (excluding diaryl/α,β-unsaturated/α-hetero) is 1. The molecule has 0 radical (unpaired) electrons. The average Bonchev–Trinajstić information content (AvgIpc) is 3.06. The van der Waals surface area contributed by atoms with E-state index in [4.69, 9.17) is 9.47 Å². The number of ketones is 1. The first-order valence-electron chi connectivity index (χ1n) is 10.7. The van der Waals surface area contributed by atoms with Gasteiger partial charge < -0.3 is 14.6 Å². The molecule has 1 fully saturated rings. The van der Waals surface area contributed by atoms with E-state index < -0.39 is 0 Å². The Hall–Kier alpha value is -3.12. The highest BCUT2D eigenvalue weighted by Crippen LogP contribution is 2.40. The van der Waals surface area contributed by atoms with Crippen molar-refractivity contribution < 1.29 is 24.2 Å². The summed E-state index contributed by atoms with van der Waals surface area (Å²) in [5.41, 5.74) is 3.00. The second kappa shape index (κ2) is 8.94. The van der Waals surface area contributed by atoms with Crippen LogP contribution in [0.15, 0.2) is 42.2 Å². The molecule has 31 heavy (non-hydrogen) atoms. The molecule has 2 aromatic carbocycles. The number of esters is 1. The molecule has 2 aliphatic rings. The Morgan fingerprint density at radius 3 is 2.94 bits per heavy atom. The summed E-state index contributed by atoms with van der Waals surface area (Å²) in [7, 11) is 0. The van der Waals surface area contributed by atoms with E-state index in [1.807, 2.05) is 31.2 Å². The zero-order valence-corrected chi connectivity index (χ0v) is 17.9. The summed E-state index contributed by atoms with van der Waals surface area (Å²) in [5.74, 6) is 0.191. The first-order valence-corrected chi connectivity index (χ1v) is 10.7. The smallest absolute Gasteiger partial charge is 0.310 e. The third-order valence-corrected chi connectivity index (χ3v) is 5.76. The van der Waals surface area contributed by atoms with Gasteiger partial charge in [-0.25, -0.2) is 0 Å². The number of allylic oxidation sites excluding steroid dienone is 1. The van der Waals surface area contributed by atoms with Crippen molar-refractivity contribution in [3.05, 3.63) is 64.4 Å². The van der Waals surface area contributed by atoms with Crippen molar-refractivity contribution in [1.29, 1.82) is 0 Å². The fourth-order valence-electron chi connectivity index (χ4n) is 4.24. The molecule has 0 spiro atoms. The third-order valence-electron chi connectivity index (χ3n) is 5.76. The van der Waals surface area contributed by atoms with Crippen molar-refractivity contribution in [2.45, 2.75) is 33.2 Å². The summed E-state index contributed by atoms with van der Waals surface area (Å²) in [6.07, 6.45) is 3.40. The number of nitrogens with zero attached hydrogens (tertiary/aromatic N) is 1. The van der Waals surface area contributed by atoms with E-state index in [9.17, 15) is 14.7 Å². The molecule has 0 saturated carbocycles. The molecule has 0 aliphatic carbocycles. The topological polar surface area (TPSA) is 76.1 Å². The quantitative estimate of drug-likeness (QED) is 0.579. The second-order valence-corrected chi connectivity index (χ2v) is 8.12. The van der Waals surface area contributed by atoms with E-state index in [1.54, 1.807) is 19.1 Å². The van der Waals surface area contributed by atoms with Crippen LogP contribution in [0.5, 0.6) is 11.5 Å². The maximum absolute atomic E-state index is 12.9. The Bertz CT molecular complexity index is 1040. The molecule has 4 rings (SSSR count). The fourth-order valence-corrected chi connectivity index (χ4v) is 4.24. The van der Waals surface area contributed by atoms with Gasteiger partial charge in [0.1, 0.15) is 11.5 Å². The molecule has 1 unspecified atom stereocenters. The molecular formula is C25H27NO5. The molecule has 6 nitrogen and oxygen atoms in total. The zero-order valence-electron chi connectivity index (χ0n) is 17.9. The summed E-state index contributed by atoms with van der Waals surface area (Å²) in [6.45, 7) is 5.93. The molecule has 0 bridgehead atoms. The standard InChI is InChI=1S/C25H27NO5/c1-3-30-25(29)18-8-5-11-26(14-18)15-20-21(27)10-9-19-23(28)22(31-24(19)20)13-17-7-4-6-16(2)12-17/h4,6-7,9-10,12-13,18,27H,3,5,8,11,14-15H2,1-2H3/b22-13-. The van der Waals surface area contributed by atoms with Crippen molar-refractivity contribution in [3.8, 4) is 11.5 Å². The van der Waals surface area contributed by atoms with Gasteiger partial charge >= 0.3 is 5.97 Å². The zero-order chi connectivity index (χ0) is 22.0. The summed E-state index contributed by atoms with van der Waals surface area (Å²) in [4.78, 5) is 27.2. The lowest BCUT2D eigenvalue weighted by Gasteiger charge is -2.31. The molecule has 1 N–H and O–H groups in total. The van der Waals surface area contributed by atoms with Gasteiger partial charge in [0.2, 0.25) is 5.78 Å². The van der Waals surface area contributed by atoms with Gasteiger partial charge in [-0.3, -0.25) is 14.5 Å². The van der Waals surface area contributed by atoms with Crippen LogP contribution in [0.4, 0.5) is 0 Å².